The molecular formula is C22H22N6O3. The van der Waals surface area contributed by atoms with Crippen molar-refractivity contribution in [2.45, 2.75) is 19.3 Å². The molecule has 0 radical (unpaired) electrons. The van der Waals surface area contributed by atoms with Crippen molar-refractivity contribution < 1.29 is 14.3 Å². The highest BCUT2D eigenvalue weighted by Gasteiger charge is 2.30. The van der Waals surface area contributed by atoms with Gasteiger partial charge in [-0.15, -0.1) is 0 Å². The first-order chi connectivity index (χ1) is 15.0. The fraction of sp³-hybridized carbons (Fsp3) is 0.273. The molecule has 3 heterocycles. The number of rotatable bonds is 5. The Balaban J connectivity index is 1.42. The van der Waals surface area contributed by atoms with Crippen LogP contribution in [0.3, 0.4) is 0 Å². The second-order valence-corrected chi connectivity index (χ2v) is 7.24. The van der Waals surface area contributed by atoms with Crippen molar-refractivity contribution in [1.29, 1.82) is 0 Å². The summed E-state index contributed by atoms with van der Waals surface area (Å²) in [7, 11) is 1.59. The lowest BCUT2D eigenvalue weighted by atomic mass is 10.1. The first-order valence-electron chi connectivity index (χ1n) is 9.89. The highest BCUT2D eigenvalue weighted by atomic mass is 16.5. The molecule has 1 aliphatic heterocycles. The summed E-state index contributed by atoms with van der Waals surface area (Å²) in [6, 6.07) is 7.08. The van der Waals surface area contributed by atoms with E-state index in [1.807, 2.05) is 0 Å². The minimum absolute atomic E-state index is 0.0121. The number of anilines is 1. The van der Waals surface area contributed by atoms with E-state index in [4.69, 9.17) is 4.74 Å². The van der Waals surface area contributed by atoms with E-state index in [1.54, 1.807) is 49.4 Å². The molecule has 0 unspecified atom stereocenters. The van der Waals surface area contributed by atoms with Crippen molar-refractivity contribution in [3.63, 3.8) is 0 Å². The van der Waals surface area contributed by atoms with Gasteiger partial charge in [0, 0.05) is 43.3 Å². The molecule has 1 aliphatic rings. The molecule has 2 amide bonds. The molecule has 9 heteroatoms. The number of methoxy groups -OCH3 is 1. The van der Waals surface area contributed by atoms with Crippen LogP contribution in [0.5, 0.6) is 5.75 Å². The third-order valence-electron chi connectivity index (χ3n) is 5.21. The van der Waals surface area contributed by atoms with Gasteiger partial charge in [-0.25, -0.2) is 15.0 Å². The van der Waals surface area contributed by atoms with E-state index in [0.29, 0.717) is 47.3 Å². The lowest BCUT2D eigenvalue weighted by Crippen LogP contribution is -2.29. The van der Waals surface area contributed by atoms with Gasteiger partial charge in [0.25, 0.3) is 11.8 Å². The predicted octanol–water partition coefficient (Wildman–Crippen LogP) is 2.47. The molecule has 1 aromatic carbocycles. The van der Waals surface area contributed by atoms with Crippen LogP contribution >= 0.6 is 0 Å². The zero-order chi connectivity index (χ0) is 21.8. The lowest BCUT2D eigenvalue weighted by molar-refractivity contribution is 0.0784. The Morgan fingerprint density at radius 3 is 2.61 bits per heavy atom. The number of carbonyl (C=O) groups is 2. The third kappa shape index (κ3) is 4.50. The molecule has 1 saturated heterocycles. The molecule has 2 aromatic heterocycles. The average molecular weight is 418 g/mol. The highest BCUT2D eigenvalue weighted by Crippen LogP contribution is 2.26. The fourth-order valence-corrected chi connectivity index (χ4v) is 3.50. The van der Waals surface area contributed by atoms with E-state index < -0.39 is 0 Å². The minimum atomic E-state index is -0.278. The van der Waals surface area contributed by atoms with Gasteiger partial charge in [-0.2, -0.15) is 0 Å². The van der Waals surface area contributed by atoms with Gasteiger partial charge in [0.2, 0.25) is 0 Å². The molecule has 4 rings (SSSR count). The Morgan fingerprint density at radius 1 is 1.13 bits per heavy atom. The second-order valence-electron chi connectivity index (χ2n) is 7.24. The summed E-state index contributed by atoms with van der Waals surface area (Å²) in [6.07, 6.45) is 6.80. The number of likely N-dealkylation sites (tertiary alicyclic amines) is 1. The SMILES string of the molecule is COc1ccc(NC(=O)c2cnc([C@H]3CCN(C(=O)c4cnccn4)C3)nc2C)cc1. The van der Waals surface area contributed by atoms with Crippen LogP contribution < -0.4 is 10.1 Å². The Hall–Kier alpha value is -3.88. The molecule has 9 nitrogen and oxygen atoms in total. The van der Waals surface area contributed by atoms with Gasteiger partial charge < -0.3 is 15.0 Å². The molecule has 1 N–H and O–H groups in total. The van der Waals surface area contributed by atoms with E-state index in [2.05, 4.69) is 25.3 Å². The summed E-state index contributed by atoms with van der Waals surface area (Å²) in [5.74, 6) is 0.930. The molecule has 158 valence electrons. The number of carbonyl (C=O) groups excluding carboxylic acids is 2. The van der Waals surface area contributed by atoms with E-state index >= 15 is 0 Å². The summed E-state index contributed by atoms with van der Waals surface area (Å²) in [5.41, 5.74) is 1.98. The number of benzene rings is 1. The molecule has 0 bridgehead atoms. The Labute approximate surface area is 179 Å². The zero-order valence-corrected chi connectivity index (χ0v) is 17.3. The van der Waals surface area contributed by atoms with Gasteiger partial charge in [-0.3, -0.25) is 14.6 Å². The first-order valence-corrected chi connectivity index (χ1v) is 9.89. The van der Waals surface area contributed by atoms with Crippen LogP contribution in [-0.2, 0) is 0 Å². The van der Waals surface area contributed by atoms with Crippen molar-refractivity contribution in [2.24, 2.45) is 0 Å². The van der Waals surface area contributed by atoms with E-state index in [0.717, 1.165) is 6.42 Å². The average Bonchev–Trinajstić information content (AvgIpc) is 3.30. The van der Waals surface area contributed by atoms with Crippen LogP contribution in [0.1, 0.15) is 44.7 Å². The molecule has 3 aromatic rings. The molecule has 0 spiro atoms. The van der Waals surface area contributed by atoms with Gasteiger partial charge in [-0.1, -0.05) is 0 Å². The highest BCUT2D eigenvalue weighted by molar-refractivity contribution is 6.04. The van der Waals surface area contributed by atoms with E-state index in [-0.39, 0.29) is 17.7 Å². The van der Waals surface area contributed by atoms with Crippen molar-refractivity contribution in [2.75, 3.05) is 25.5 Å². The monoisotopic (exact) mass is 418 g/mol. The van der Waals surface area contributed by atoms with Crippen LogP contribution in [-0.4, -0.2) is 56.8 Å². The largest absolute Gasteiger partial charge is 0.497 e. The fourth-order valence-electron chi connectivity index (χ4n) is 3.50. The Kier molecular flexibility index (Phi) is 5.83. The van der Waals surface area contributed by atoms with Crippen LogP contribution in [0.15, 0.2) is 49.1 Å². The Bertz CT molecular complexity index is 1090. The van der Waals surface area contributed by atoms with E-state index in [1.165, 1.54) is 18.6 Å². The summed E-state index contributed by atoms with van der Waals surface area (Å²) in [4.78, 5) is 43.9. The first kappa shape index (κ1) is 20.4. The van der Waals surface area contributed by atoms with Gasteiger partial charge in [-0.05, 0) is 37.6 Å². The van der Waals surface area contributed by atoms with Crippen molar-refractivity contribution in [3.05, 3.63) is 71.8 Å². The lowest BCUT2D eigenvalue weighted by Gasteiger charge is -2.16. The van der Waals surface area contributed by atoms with Gasteiger partial charge in [0.05, 0.1) is 24.6 Å². The molecule has 31 heavy (non-hydrogen) atoms. The topological polar surface area (TPSA) is 110 Å². The van der Waals surface area contributed by atoms with Crippen LogP contribution in [0.2, 0.25) is 0 Å². The third-order valence-corrected chi connectivity index (χ3v) is 5.21. The van der Waals surface area contributed by atoms with Crippen LogP contribution in [0.25, 0.3) is 0 Å². The summed E-state index contributed by atoms with van der Waals surface area (Å²) < 4.78 is 5.12. The summed E-state index contributed by atoms with van der Waals surface area (Å²) in [5, 5.41) is 2.84. The van der Waals surface area contributed by atoms with Crippen molar-refractivity contribution >= 4 is 17.5 Å². The predicted molar refractivity (Wildman–Crippen MR) is 113 cm³/mol. The molecule has 0 aliphatic carbocycles. The second kappa shape index (κ2) is 8.86. The van der Waals surface area contributed by atoms with Gasteiger partial charge >= 0.3 is 0 Å². The van der Waals surface area contributed by atoms with Gasteiger partial charge in [0.1, 0.15) is 17.3 Å². The van der Waals surface area contributed by atoms with Gasteiger partial charge in [0.15, 0.2) is 0 Å². The number of aromatic nitrogens is 4. The Morgan fingerprint density at radius 2 is 1.94 bits per heavy atom. The normalized spacial score (nSPS) is 15.5. The smallest absolute Gasteiger partial charge is 0.274 e. The maximum atomic E-state index is 12.6. The quantitative estimate of drug-likeness (QED) is 0.678. The van der Waals surface area contributed by atoms with Crippen LogP contribution in [0, 0.1) is 6.92 Å². The van der Waals surface area contributed by atoms with E-state index in [9.17, 15) is 9.59 Å². The zero-order valence-electron chi connectivity index (χ0n) is 17.3. The molecule has 0 saturated carbocycles. The standard InChI is InChI=1S/C22H22N6O3/c1-14-18(21(29)27-16-3-5-17(31-2)6-4-16)11-25-20(26-14)15-7-10-28(13-15)22(30)19-12-23-8-9-24-19/h3-6,8-9,11-12,15H,7,10,13H2,1-2H3,(H,27,29)/t15-/m0/s1. The number of nitrogens with zero attached hydrogens (tertiary/aromatic N) is 5. The maximum absolute atomic E-state index is 12.6. The summed E-state index contributed by atoms with van der Waals surface area (Å²) in [6.45, 7) is 2.89. The number of nitrogens with one attached hydrogen (secondary N) is 1. The number of ether oxygens (including phenoxy) is 1. The van der Waals surface area contributed by atoms with Crippen LogP contribution in [0.4, 0.5) is 5.69 Å². The molecule has 1 atom stereocenters. The maximum Gasteiger partial charge on any atom is 0.274 e. The molecule has 1 fully saturated rings. The molecular weight excluding hydrogens is 396 g/mol. The number of aryl methyl sites for hydroxylation is 1. The van der Waals surface area contributed by atoms with Crippen molar-refractivity contribution in [1.82, 2.24) is 24.8 Å². The summed E-state index contributed by atoms with van der Waals surface area (Å²) >= 11 is 0. The number of hydrogen-bond acceptors (Lipinski definition) is 7. The minimum Gasteiger partial charge on any atom is -0.497 e. The van der Waals surface area contributed by atoms with Crippen molar-refractivity contribution in [3.8, 4) is 5.75 Å². The number of amides is 2. The number of hydrogen-bond donors (Lipinski definition) is 1.